The van der Waals surface area contributed by atoms with Gasteiger partial charge in [-0.3, -0.25) is 9.59 Å². The van der Waals surface area contributed by atoms with Gasteiger partial charge in [-0.1, -0.05) is 12.1 Å². The Morgan fingerprint density at radius 3 is 2.76 bits per heavy atom. The first-order chi connectivity index (χ1) is 8.13. The van der Waals surface area contributed by atoms with Crippen molar-refractivity contribution in [3.63, 3.8) is 0 Å². The van der Waals surface area contributed by atoms with Crippen LogP contribution in [0.3, 0.4) is 0 Å². The van der Waals surface area contributed by atoms with Gasteiger partial charge in [0.05, 0.1) is 18.7 Å². The van der Waals surface area contributed by atoms with Gasteiger partial charge >= 0.3 is 5.97 Å². The van der Waals surface area contributed by atoms with Crippen molar-refractivity contribution in [2.75, 3.05) is 18.6 Å². The van der Waals surface area contributed by atoms with Gasteiger partial charge in [-0.15, -0.1) is 0 Å². The van der Waals surface area contributed by atoms with Crippen LogP contribution in [0.1, 0.15) is 6.42 Å². The van der Waals surface area contributed by atoms with Crippen LogP contribution in [-0.2, 0) is 9.59 Å². The summed E-state index contributed by atoms with van der Waals surface area (Å²) in [5.41, 5.74) is 0.628. The average molecular weight is 235 g/mol. The fourth-order valence-corrected chi connectivity index (χ4v) is 1.96. The van der Waals surface area contributed by atoms with Crippen molar-refractivity contribution < 1.29 is 19.4 Å². The number of amides is 1. The van der Waals surface area contributed by atoms with Gasteiger partial charge < -0.3 is 14.7 Å². The molecular formula is C12H13NO4. The van der Waals surface area contributed by atoms with Crippen LogP contribution in [0, 0.1) is 5.92 Å². The third kappa shape index (κ3) is 2.08. The maximum absolute atomic E-state index is 11.8. The van der Waals surface area contributed by atoms with Crippen LogP contribution in [0.4, 0.5) is 5.69 Å². The van der Waals surface area contributed by atoms with Crippen LogP contribution in [0.25, 0.3) is 0 Å². The fraction of sp³-hybridized carbons (Fsp3) is 0.333. The summed E-state index contributed by atoms with van der Waals surface area (Å²) in [6.07, 6.45) is 0.0490. The maximum atomic E-state index is 11.8. The zero-order valence-electron chi connectivity index (χ0n) is 9.42. The standard InChI is InChI=1S/C12H13NO4/c1-17-10-5-3-2-4-9(10)13-7-8(12(15)16)6-11(13)14/h2-5,8H,6-7H2,1H3,(H,15,16)/t8-/m1/s1. The Kier molecular flexibility index (Phi) is 2.99. The zero-order valence-corrected chi connectivity index (χ0v) is 9.42. The Morgan fingerprint density at radius 1 is 1.47 bits per heavy atom. The summed E-state index contributed by atoms with van der Waals surface area (Å²) in [5.74, 6) is -1.17. The van der Waals surface area contributed by atoms with Crippen LogP contribution in [0.2, 0.25) is 0 Å². The number of ether oxygens (including phenoxy) is 1. The molecule has 1 aliphatic heterocycles. The summed E-state index contributed by atoms with van der Waals surface area (Å²) in [6, 6.07) is 7.09. The Hall–Kier alpha value is -2.04. The highest BCUT2D eigenvalue weighted by Crippen LogP contribution is 2.32. The quantitative estimate of drug-likeness (QED) is 0.852. The van der Waals surface area contributed by atoms with Crippen LogP contribution in [0.15, 0.2) is 24.3 Å². The molecule has 1 atom stereocenters. The Morgan fingerprint density at radius 2 is 2.18 bits per heavy atom. The van der Waals surface area contributed by atoms with E-state index in [9.17, 15) is 9.59 Å². The second-order valence-electron chi connectivity index (χ2n) is 3.92. The molecule has 90 valence electrons. The maximum Gasteiger partial charge on any atom is 0.308 e. The minimum absolute atomic E-state index is 0.0490. The molecule has 0 aliphatic carbocycles. The molecule has 0 bridgehead atoms. The largest absolute Gasteiger partial charge is 0.495 e. The van der Waals surface area contributed by atoms with Gasteiger partial charge in [0.15, 0.2) is 0 Å². The zero-order chi connectivity index (χ0) is 12.4. The van der Waals surface area contributed by atoms with Gasteiger partial charge in [0.1, 0.15) is 5.75 Å². The van der Waals surface area contributed by atoms with E-state index in [0.717, 1.165) is 0 Å². The second-order valence-corrected chi connectivity index (χ2v) is 3.92. The molecule has 17 heavy (non-hydrogen) atoms. The molecule has 1 N–H and O–H groups in total. The summed E-state index contributed by atoms with van der Waals surface area (Å²) in [6.45, 7) is 0.203. The van der Waals surface area contributed by atoms with Crippen molar-refractivity contribution in [2.24, 2.45) is 5.92 Å². The number of methoxy groups -OCH3 is 1. The van der Waals surface area contributed by atoms with Crippen LogP contribution >= 0.6 is 0 Å². The number of carbonyl (C=O) groups is 2. The van der Waals surface area contributed by atoms with E-state index in [1.165, 1.54) is 12.0 Å². The molecule has 0 unspecified atom stereocenters. The summed E-state index contributed by atoms with van der Waals surface area (Å²) < 4.78 is 5.16. The number of carbonyl (C=O) groups excluding carboxylic acids is 1. The number of hydrogen-bond acceptors (Lipinski definition) is 3. The summed E-state index contributed by atoms with van der Waals surface area (Å²) in [5, 5.41) is 8.91. The van der Waals surface area contributed by atoms with Gasteiger partial charge in [-0.05, 0) is 12.1 Å². The van der Waals surface area contributed by atoms with Gasteiger partial charge in [-0.25, -0.2) is 0 Å². The van der Waals surface area contributed by atoms with Gasteiger partial charge in [0, 0.05) is 13.0 Å². The molecule has 1 fully saturated rings. The minimum Gasteiger partial charge on any atom is -0.495 e. The van der Waals surface area contributed by atoms with E-state index >= 15 is 0 Å². The summed E-state index contributed by atoms with van der Waals surface area (Å²) in [4.78, 5) is 24.1. The van der Waals surface area contributed by atoms with Gasteiger partial charge in [0.2, 0.25) is 5.91 Å². The second kappa shape index (κ2) is 4.45. The number of nitrogens with zero attached hydrogens (tertiary/aromatic N) is 1. The molecular weight excluding hydrogens is 222 g/mol. The monoisotopic (exact) mass is 235 g/mol. The highest BCUT2D eigenvalue weighted by Gasteiger charge is 2.36. The number of carboxylic acid groups (broad SMARTS) is 1. The smallest absolute Gasteiger partial charge is 0.308 e. The lowest BCUT2D eigenvalue weighted by Crippen LogP contribution is -2.26. The molecule has 1 amide bonds. The van der Waals surface area contributed by atoms with Crippen molar-refractivity contribution in [1.82, 2.24) is 0 Å². The van der Waals surface area contributed by atoms with Gasteiger partial charge in [0.25, 0.3) is 0 Å². The SMILES string of the molecule is COc1ccccc1N1C[C@H](C(=O)O)CC1=O. The summed E-state index contributed by atoms with van der Waals surface area (Å²) in [7, 11) is 1.52. The normalized spacial score (nSPS) is 19.5. The van der Waals surface area contributed by atoms with Crippen LogP contribution in [-0.4, -0.2) is 30.6 Å². The lowest BCUT2D eigenvalue weighted by Gasteiger charge is -2.18. The highest BCUT2D eigenvalue weighted by atomic mass is 16.5. The first-order valence-electron chi connectivity index (χ1n) is 5.29. The number of aliphatic carboxylic acids is 1. The van der Waals surface area contributed by atoms with E-state index < -0.39 is 11.9 Å². The van der Waals surface area contributed by atoms with E-state index in [2.05, 4.69) is 0 Å². The number of para-hydroxylation sites is 2. The predicted molar refractivity (Wildman–Crippen MR) is 61.1 cm³/mol. The molecule has 1 heterocycles. The van der Waals surface area contributed by atoms with Crippen molar-refractivity contribution in [3.8, 4) is 5.75 Å². The molecule has 5 nitrogen and oxygen atoms in total. The molecule has 2 rings (SSSR count). The molecule has 1 aromatic rings. The Bertz CT molecular complexity index is 458. The molecule has 0 saturated carbocycles. The molecule has 0 aromatic heterocycles. The molecule has 1 aromatic carbocycles. The first-order valence-corrected chi connectivity index (χ1v) is 5.29. The first kappa shape index (κ1) is 11.4. The molecule has 0 spiro atoms. The van der Waals surface area contributed by atoms with Crippen molar-refractivity contribution in [1.29, 1.82) is 0 Å². The number of anilines is 1. The van der Waals surface area contributed by atoms with Crippen LogP contribution < -0.4 is 9.64 Å². The Balaban J connectivity index is 2.29. The van der Waals surface area contributed by atoms with Crippen molar-refractivity contribution in [3.05, 3.63) is 24.3 Å². The van der Waals surface area contributed by atoms with Crippen molar-refractivity contribution in [2.45, 2.75) is 6.42 Å². The van der Waals surface area contributed by atoms with Crippen molar-refractivity contribution >= 4 is 17.6 Å². The number of carboxylic acids is 1. The number of rotatable bonds is 3. The Labute approximate surface area is 98.6 Å². The topological polar surface area (TPSA) is 66.8 Å². The van der Waals surface area contributed by atoms with E-state index in [4.69, 9.17) is 9.84 Å². The third-order valence-electron chi connectivity index (χ3n) is 2.85. The summed E-state index contributed by atoms with van der Waals surface area (Å²) >= 11 is 0. The van der Waals surface area contributed by atoms with E-state index in [-0.39, 0.29) is 18.9 Å². The highest BCUT2D eigenvalue weighted by molar-refractivity contribution is 6.00. The molecule has 1 saturated heterocycles. The van der Waals surface area contributed by atoms with E-state index in [0.29, 0.717) is 11.4 Å². The van der Waals surface area contributed by atoms with Crippen LogP contribution in [0.5, 0.6) is 5.75 Å². The van der Waals surface area contributed by atoms with E-state index in [1.54, 1.807) is 24.3 Å². The average Bonchev–Trinajstić information content (AvgIpc) is 2.71. The predicted octanol–water partition coefficient (Wildman–Crippen LogP) is 1.13. The van der Waals surface area contributed by atoms with Gasteiger partial charge in [-0.2, -0.15) is 0 Å². The lowest BCUT2D eigenvalue weighted by molar-refractivity contribution is -0.141. The lowest BCUT2D eigenvalue weighted by atomic mass is 10.1. The molecule has 0 radical (unpaired) electrons. The van der Waals surface area contributed by atoms with E-state index in [1.807, 2.05) is 0 Å². The number of hydrogen-bond donors (Lipinski definition) is 1. The minimum atomic E-state index is -0.934. The third-order valence-corrected chi connectivity index (χ3v) is 2.85. The number of benzene rings is 1. The fourth-order valence-electron chi connectivity index (χ4n) is 1.96. The molecule has 5 heteroatoms. The molecule has 1 aliphatic rings.